The molecule has 0 spiro atoms. The summed E-state index contributed by atoms with van der Waals surface area (Å²) in [6.45, 7) is 0. The molecule has 0 aliphatic rings. The third-order valence-electron chi connectivity index (χ3n) is 2.55. The zero-order valence-corrected chi connectivity index (χ0v) is 12.3. The number of methoxy groups -OCH3 is 2. The molecule has 0 aliphatic heterocycles. The molecule has 2 aromatic rings. The molecule has 1 heterocycles. The zero-order chi connectivity index (χ0) is 15.4. The van der Waals surface area contributed by atoms with Gasteiger partial charge in [-0.1, -0.05) is 0 Å². The quantitative estimate of drug-likeness (QED) is 0.881. The predicted octanol–water partition coefficient (Wildman–Crippen LogP) is 1.33. The number of benzene rings is 1. The fourth-order valence-corrected chi connectivity index (χ4v) is 1.55. The van der Waals surface area contributed by atoms with E-state index in [-0.39, 0.29) is 12.0 Å². The maximum absolute atomic E-state index is 5.64. The van der Waals surface area contributed by atoms with E-state index in [0.717, 1.165) is 0 Å². The lowest BCUT2D eigenvalue weighted by atomic mass is 10.3. The first-order valence-electron chi connectivity index (χ1n) is 6.11. The number of hydrogen-bond donors (Lipinski definition) is 1. The standard InChI is InChI=1S/C13H17N5O3/c1-18(2)12-15-11(14)16-13(17-12)21-10-6-8(19-3)5-9(7-10)20-4/h5-7H,1-4H3,(H2,14,15,16,17). The lowest BCUT2D eigenvalue weighted by Gasteiger charge is -2.12. The first-order chi connectivity index (χ1) is 10.0. The van der Waals surface area contributed by atoms with Crippen molar-refractivity contribution >= 4 is 11.9 Å². The van der Waals surface area contributed by atoms with E-state index in [4.69, 9.17) is 19.9 Å². The number of hydrogen-bond acceptors (Lipinski definition) is 8. The van der Waals surface area contributed by atoms with Crippen molar-refractivity contribution in [3.05, 3.63) is 18.2 Å². The van der Waals surface area contributed by atoms with E-state index in [1.807, 2.05) is 0 Å². The van der Waals surface area contributed by atoms with Crippen LogP contribution in [0.4, 0.5) is 11.9 Å². The molecule has 0 amide bonds. The van der Waals surface area contributed by atoms with Gasteiger partial charge in [0, 0.05) is 32.3 Å². The summed E-state index contributed by atoms with van der Waals surface area (Å²) >= 11 is 0. The average molecular weight is 291 g/mol. The molecule has 8 nitrogen and oxygen atoms in total. The summed E-state index contributed by atoms with van der Waals surface area (Å²) < 4.78 is 16.0. The van der Waals surface area contributed by atoms with Crippen LogP contribution in [0.25, 0.3) is 0 Å². The highest BCUT2D eigenvalue weighted by Gasteiger charge is 2.10. The fraction of sp³-hybridized carbons (Fsp3) is 0.308. The van der Waals surface area contributed by atoms with Gasteiger partial charge >= 0.3 is 6.01 Å². The molecular formula is C13H17N5O3. The van der Waals surface area contributed by atoms with Crippen LogP contribution in [-0.4, -0.2) is 43.3 Å². The Morgan fingerprint density at radius 2 is 1.48 bits per heavy atom. The molecule has 0 saturated heterocycles. The molecule has 0 saturated carbocycles. The van der Waals surface area contributed by atoms with Gasteiger partial charge in [-0.05, 0) is 0 Å². The van der Waals surface area contributed by atoms with Gasteiger partial charge in [-0.3, -0.25) is 0 Å². The summed E-state index contributed by atoms with van der Waals surface area (Å²) in [6, 6.07) is 5.22. The number of nitrogen functional groups attached to an aromatic ring is 1. The van der Waals surface area contributed by atoms with Crippen LogP contribution in [0.1, 0.15) is 0 Å². The van der Waals surface area contributed by atoms with Crippen molar-refractivity contribution in [2.75, 3.05) is 38.9 Å². The average Bonchev–Trinajstić information content (AvgIpc) is 2.46. The van der Waals surface area contributed by atoms with Crippen LogP contribution in [-0.2, 0) is 0 Å². The third-order valence-corrected chi connectivity index (χ3v) is 2.55. The molecule has 8 heteroatoms. The molecular weight excluding hydrogens is 274 g/mol. The predicted molar refractivity (Wildman–Crippen MR) is 78.2 cm³/mol. The van der Waals surface area contributed by atoms with Crippen molar-refractivity contribution in [3.63, 3.8) is 0 Å². The van der Waals surface area contributed by atoms with E-state index in [2.05, 4.69) is 15.0 Å². The lowest BCUT2D eigenvalue weighted by molar-refractivity contribution is 0.382. The second-order valence-electron chi connectivity index (χ2n) is 4.32. The maximum atomic E-state index is 5.64. The molecule has 0 atom stereocenters. The topological polar surface area (TPSA) is 95.6 Å². The molecule has 2 N–H and O–H groups in total. The number of rotatable bonds is 5. The fourth-order valence-electron chi connectivity index (χ4n) is 1.55. The third kappa shape index (κ3) is 3.62. The van der Waals surface area contributed by atoms with Gasteiger partial charge in [0.25, 0.3) is 0 Å². The molecule has 112 valence electrons. The van der Waals surface area contributed by atoms with Crippen LogP contribution in [0.5, 0.6) is 23.3 Å². The Labute approximate surface area is 122 Å². The van der Waals surface area contributed by atoms with Gasteiger partial charge in [0.15, 0.2) is 0 Å². The Kier molecular flexibility index (Phi) is 4.27. The lowest BCUT2D eigenvalue weighted by Crippen LogP contribution is -2.15. The van der Waals surface area contributed by atoms with Crippen LogP contribution < -0.4 is 24.8 Å². The van der Waals surface area contributed by atoms with E-state index in [9.17, 15) is 0 Å². The highest BCUT2D eigenvalue weighted by Crippen LogP contribution is 2.30. The number of aromatic nitrogens is 3. The van der Waals surface area contributed by atoms with E-state index < -0.39 is 0 Å². The number of anilines is 2. The normalized spacial score (nSPS) is 10.1. The van der Waals surface area contributed by atoms with E-state index in [0.29, 0.717) is 23.2 Å². The van der Waals surface area contributed by atoms with Crippen molar-refractivity contribution in [3.8, 4) is 23.3 Å². The smallest absolute Gasteiger partial charge is 0.328 e. The minimum absolute atomic E-state index is 0.0820. The van der Waals surface area contributed by atoms with Crippen molar-refractivity contribution in [1.82, 2.24) is 15.0 Å². The van der Waals surface area contributed by atoms with Crippen LogP contribution in [0, 0.1) is 0 Å². The van der Waals surface area contributed by atoms with Gasteiger partial charge in [-0.15, -0.1) is 0 Å². The second-order valence-corrected chi connectivity index (χ2v) is 4.32. The molecule has 0 fully saturated rings. The molecule has 0 bridgehead atoms. The summed E-state index contributed by atoms with van der Waals surface area (Å²) in [5, 5.41) is 0. The molecule has 2 rings (SSSR count). The molecule has 0 unspecified atom stereocenters. The van der Waals surface area contributed by atoms with Crippen LogP contribution in [0.15, 0.2) is 18.2 Å². The van der Waals surface area contributed by atoms with E-state index in [1.165, 1.54) is 0 Å². The molecule has 0 radical (unpaired) electrons. The van der Waals surface area contributed by atoms with Gasteiger partial charge < -0.3 is 24.8 Å². The van der Waals surface area contributed by atoms with E-state index in [1.54, 1.807) is 51.4 Å². The molecule has 0 aliphatic carbocycles. The van der Waals surface area contributed by atoms with Gasteiger partial charge in [0.05, 0.1) is 14.2 Å². The summed E-state index contributed by atoms with van der Waals surface area (Å²) in [7, 11) is 6.72. The van der Waals surface area contributed by atoms with Crippen LogP contribution in [0.3, 0.4) is 0 Å². The second kappa shape index (κ2) is 6.12. The van der Waals surface area contributed by atoms with Crippen molar-refractivity contribution in [2.45, 2.75) is 0 Å². The highest BCUT2D eigenvalue weighted by atomic mass is 16.5. The SMILES string of the molecule is COc1cc(OC)cc(Oc2nc(N)nc(N(C)C)n2)c1. The number of nitrogens with two attached hydrogens (primary N) is 1. The monoisotopic (exact) mass is 291 g/mol. The molecule has 1 aromatic carbocycles. The zero-order valence-electron chi connectivity index (χ0n) is 12.3. The summed E-state index contributed by atoms with van der Waals surface area (Å²) in [5.74, 6) is 2.16. The Balaban J connectivity index is 2.33. The first-order valence-corrected chi connectivity index (χ1v) is 6.11. The van der Waals surface area contributed by atoms with Gasteiger partial charge in [0.1, 0.15) is 17.2 Å². The summed E-state index contributed by atoms with van der Waals surface area (Å²) in [5.41, 5.74) is 5.64. The number of nitrogens with zero attached hydrogens (tertiary/aromatic N) is 4. The van der Waals surface area contributed by atoms with Gasteiger partial charge in [0.2, 0.25) is 11.9 Å². The summed E-state index contributed by atoms with van der Waals surface area (Å²) in [6.07, 6.45) is 0. The van der Waals surface area contributed by atoms with Gasteiger partial charge in [-0.2, -0.15) is 15.0 Å². The number of ether oxygens (including phenoxy) is 3. The van der Waals surface area contributed by atoms with Crippen molar-refractivity contribution < 1.29 is 14.2 Å². The van der Waals surface area contributed by atoms with E-state index >= 15 is 0 Å². The van der Waals surface area contributed by atoms with Crippen molar-refractivity contribution in [2.24, 2.45) is 0 Å². The van der Waals surface area contributed by atoms with Crippen LogP contribution in [0.2, 0.25) is 0 Å². The van der Waals surface area contributed by atoms with Gasteiger partial charge in [-0.25, -0.2) is 0 Å². The Bertz CT molecular complexity index is 611. The first kappa shape index (κ1) is 14.6. The van der Waals surface area contributed by atoms with Crippen LogP contribution >= 0.6 is 0 Å². The summed E-state index contributed by atoms with van der Waals surface area (Å²) in [4.78, 5) is 13.8. The minimum Gasteiger partial charge on any atom is -0.496 e. The van der Waals surface area contributed by atoms with Crippen molar-refractivity contribution in [1.29, 1.82) is 0 Å². The minimum atomic E-state index is 0.0820. The Hall–Kier alpha value is -2.77. The molecule has 21 heavy (non-hydrogen) atoms. The Morgan fingerprint density at radius 3 is 2.00 bits per heavy atom. The molecule has 1 aromatic heterocycles. The highest BCUT2D eigenvalue weighted by molar-refractivity contribution is 5.43. The Morgan fingerprint density at radius 1 is 0.905 bits per heavy atom. The maximum Gasteiger partial charge on any atom is 0.328 e. The largest absolute Gasteiger partial charge is 0.496 e.